The molecule has 2 N–H and O–H groups in total. The van der Waals surface area contributed by atoms with Crippen molar-refractivity contribution in [2.45, 2.75) is 18.6 Å². The number of ether oxygens (including phenoxy) is 2. The van der Waals surface area contributed by atoms with Gasteiger partial charge in [-0.2, -0.15) is 0 Å². The maximum Gasteiger partial charge on any atom is 0.191 e. The molecule has 6 nitrogen and oxygen atoms in total. The van der Waals surface area contributed by atoms with Crippen LogP contribution in [-0.4, -0.2) is 33.7 Å². The predicted molar refractivity (Wildman–Crippen MR) is 82.7 cm³/mol. The van der Waals surface area contributed by atoms with Crippen molar-refractivity contribution in [1.82, 2.24) is 14.8 Å². The molecule has 0 saturated heterocycles. The zero-order chi connectivity index (χ0) is 15.1. The third kappa shape index (κ3) is 4.37. The van der Waals surface area contributed by atoms with E-state index in [1.807, 2.05) is 42.8 Å². The lowest BCUT2D eigenvalue weighted by molar-refractivity contribution is 0.325. The molecule has 0 saturated carbocycles. The number of benzene rings is 1. The van der Waals surface area contributed by atoms with Gasteiger partial charge in [0.25, 0.3) is 0 Å². The highest BCUT2D eigenvalue weighted by molar-refractivity contribution is 7.99. The molecule has 0 aliphatic rings. The second kappa shape index (κ2) is 7.90. The molecule has 114 valence electrons. The van der Waals surface area contributed by atoms with Gasteiger partial charge in [-0.3, -0.25) is 0 Å². The molecule has 0 spiro atoms. The summed E-state index contributed by atoms with van der Waals surface area (Å²) in [5, 5.41) is 8.95. The van der Waals surface area contributed by atoms with Crippen LogP contribution in [0.4, 0.5) is 0 Å². The van der Waals surface area contributed by atoms with Crippen LogP contribution in [0.15, 0.2) is 29.4 Å². The van der Waals surface area contributed by atoms with Gasteiger partial charge in [0.1, 0.15) is 17.3 Å². The first-order valence-corrected chi connectivity index (χ1v) is 7.80. The van der Waals surface area contributed by atoms with E-state index in [1.54, 1.807) is 11.8 Å². The lowest BCUT2D eigenvalue weighted by Crippen LogP contribution is -2.06. The average Bonchev–Trinajstić information content (AvgIpc) is 2.85. The lowest BCUT2D eigenvalue weighted by atomic mass is 10.3. The van der Waals surface area contributed by atoms with Crippen molar-refractivity contribution in [3.63, 3.8) is 0 Å². The van der Waals surface area contributed by atoms with E-state index >= 15 is 0 Å². The number of nitrogens with zero attached hydrogens (tertiary/aromatic N) is 3. The van der Waals surface area contributed by atoms with Crippen molar-refractivity contribution in [2.24, 2.45) is 12.8 Å². The Bertz CT molecular complexity index is 574. The zero-order valence-electron chi connectivity index (χ0n) is 12.3. The standard InChI is InChI=1S/C14H20N4O2S/c1-3-19-11-5-4-6-12(9-11)20-7-8-21-14-17-16-13(10-15)18(14)2/h4-6,9H,3,7-8,10,15H2,1-2H3. The van der Waals surface area contributed by atoms with Crippen LogP contribution in [0.2, 0.25) is 0 Å². The number of aromatic nitrogens is 3. The number of nitrogens with two attached hydrogens (primary N) is 1. The van der Waals surface area contributed by atoms with Crippen molar-refractivity contribution in [3.05, 3.63) is 30.1 Å². The van der Waals surface area contributed by atoms with Gasteiger partial charge >= 0.3 is 0 Å². The summed E-state index contributed by atoms with van der Waals surface area (Å²) in [4.78, 5) is 0. The summed E-state index contributed by atoms with van der Waals surface area (Å²) in [5.74, 6) is 3.20. The molecule has 0 fully saturated rings. The highest BCUT2D eigenvalue weighted by Crippen LogP contribution is 2.20. The topological polar surface area (TPSA) is 75.2 Å². The molecular formula is C14H20N4O2S. The largest absolute Gasteiger partial charge is 0.494 e. The fourth-order valence-electron chi connectivity index (χ4n) is 1.76. The molecule has 0 radical (unpaired) electrons. The molecule has 21 heavy (non-hydrogen) atoms. The van der Waals surface area contributed by atoms with Gasteiger partial charge in [-0.05, 0) is 19.1 Å². The first-order chi connectivity index (χ1) is 10.2. The van der Waals surface area contributed by atoms with Gasteiger partial charge < -0.3 is 19.8 Å². The van der Waals surface area contributed by atoms with Gasteiger partial charge in [-0.15, -0.1) is 10.2 Å². The van der Waals surface area contributed by atoms with E-state index in [0.717, 1.165) is 28.2 Å². The summed E-state index contributed by atoms with van der Waals surface area (Å²) in [6.45, 7) is 3.59. The number of rotatable bonds is 8. The molecule has 0 amide bonds. The van der Waals surface area contributed by atoms with Crippen molar-refractivity contribution in [2.75, 3.05) is 19.0 Å². The third-order valence-electron chi connectivity index (χ3n) is 2.81. The van der Waals surface area contributed by atoms with E-state index in [2.05, 4.69) is 10.2 Å². The molecule has 0 bridgehead atoms. The van der Waals surface area contributed by atoms with E-state index in [-0.39, 0.29) is 0 Å². The number of thioether (sulfide) groups is 1. The zero-order valence-corrected chi connectivity index (χ0v) is 13.1. The second-order valence-corrected chi connectivity index (χ2v) is 5.33. The van der Waals surface area contributed by atoms with E-state index in [0.29, 0.717) is 19.8 Å². The molecule has 1 aromatic carbocycles. The van der Waals surface area contributed by atoms with Gasteiger partial charge in [0.05, 0.1) is 19.8 Å². The van der Waals surface area contributed by atoms with Crippen molar-refractivity contribution < 1.29 is 9.47 Å². The first-order valence-electron chi connectivity index (χ1n) is 6.81. The fraction of sp³-hybridized carbons (Fsp3) is 0.429. The number of hydrogen-bond acceptors (Lipinski definition) is 6. The van der Waals surface area contributed by atoms with E-state index in [4.69, 9.17) is 15.2 Å². The highest BCUT2D eigenvalue weighted by Gasteiger charge is 2.07. The Balaban J connectivity index is 1.79. The summed E-state index contributed by atoms with van der Waals surface area (Å²) >= 11 is 1.59. The van der Waals surface area contributed by atoms with E-state index in [1.165, 1.54) is 0 Å². The molecule has 2 rings (SSSR count). The van der Waals surface area contributed by atoms with Crippen LogP contribution < -0.4 is 15.2 Å². The Morgan fingerprint density at radius 2 is 2.00 bits per heavy atom. The fourth-order valence-corrected chi connectivity index (χ4v) is 2.51. The van der Waals surface area contributed by atoms with Crippen LogP contribution in [0.25, 0.3) is 0 Å². The minimum Gasteiger partial charge on any atom is -0.494 e. The molecule has 0 atom stereocenters. The SMILES string of the molecule is CCOc1cccc(OCCSc2nnc(CN)n2C)c1. The molecule has 1 aromatic heterocycles. The Morgan fingerprint density at radius 1 is 1.24 bits per heavy atom. The van der Waals surface area contributed by atoms with Crippen LogP contribution in [0.1, 0.15) is 12.7 Å². The Kier molecular flexibility index (Phi) is 5.89. The Morgan fingerprint density at radius 3 is 2.67 bits per heavy atom. The summed E-state index contributed by atoms with van der Waals surface area (Å²) in [6, 6.07) is 7.65. The van der Waals surface area contributed by atoms with Crippen LogP contribution in [-0.2, 0) is 13.6 Å². The van der Waals surface area contributed by atoms with E-state index in [9.17, 15) is 0 Å². The Labute approximate surface area is 128 Å². The molecule has 0 aliphatic carbocycles. The maximum absolute atomic E-state index is 5.70. The number of hydrogen-bond donors (Lipinski definition) is 1. The second-order valence-electron chi connectivity index (χ2n) is 4.27. The summed E-state index contributed by atoms with van der Waals surface area (Å²) < 4.78 is 13.0. The normalized spacial score (nSPS) is 10.6. The molecule has 0 aliphatic heterocycles. The van der Waals surface area contributed by atoms with Crippen LogP contribution in [0.3, 0.4) is 0 Å². The van der Waals surface area contributed by atoms with Crippen LogP contribution >= 0.6 is 11.8 Å². The third-order valence-corrected chi connectivity index (χ3v) is 3.79. The van der Waals surface area contributed by atoms with Crippen LogP contribution in [0.5, 0.6) is 11.5 Å². The quantitative estimate of drug-likeness (QED) is 0.592. The minimum atomic E-state index is 0.394. The molecule has 1 heterocycles. The van der Waals surface area contributed by atoms with E-state index < -0.39 is 0 Å². The first kappa shape index (κ1) is 15.7. The summed E-state index contributed by atoms with van der Waals surface area (Å²) in [7, 11) is 1.91. The smallest absolute Gasteiger partial charge is 0.191 e. The maximum atomic E-state index is 5.70. The molecule has 2 aromatic rings. The van der Waals surface area contributed by atoms with Gasteiger partial charge in [-0.25, -0.2) is 0 Å². The monoisotopic (exact) mass is 308 g/mol. The van der Waals surface area contributed by atoms with Gasteiger partial charge in [0.2, 0.25) is 0 Å². The lowest BCUT2D eigenvalue weighted by Gasteiger charge is -2.08. The Hall–Kier alpha value is -1.73. The summed E-state index contributed by atoms with van der Waals surface area (Å²) in [6.07, 6.45) is 0. The summed E-state index contributed by atoms with van der Waals surface area (Å²) in [5.41, 5.74) is 5.56. The highest BCUT2D eigenvalue weighted by atomic mass is 32.2. The van der Waals surface area contributed by atoms with Crippen molar-refractivity contribution >= 4 is 11.8 Å². The minimum absolute atomic E-state index is 0.394. The van der Waals surface area contributed by atoms with Gasteiger partial charge in [0, 0.05) is 18.9 Å². The molecule has 0 unspecified atom stereocenters. The van der Waals surface area contributed by atoms with Crippen molar-refractivity contribution in [1.29, 1.82) is 0 Å². The van der Waals surface area contributed by atoms with Gasteiger partial charge in [-0.1, -0.05) is 17.8 Å². The van der Waals surface area contributed by atoms with Gasteiger partial charge in [0.15, 0.2) is 5.16 Å². The molecular weight excluding hydrogens is 288 g/mol. The van der Waals surface area contributed by atoms with Crippen molar-refractivity contribution in [3.8, 4) is 11.5 Å². The molecule has 7 heteroatoms. The average molecular weight is 308 g/mol. The van der Waals surface area contributed by atoms with Crippen LogP contribution in [0, 0.1) is 0 Å². The predicted octanol–water partition coefficient (Wildman–Crippen LogP) is 1.84.